The molecule has 1 saturated heterocycles. The van der Waals surface area contributed by atoms with Crippen LogP contribution < -0.4 is 5.43 Å². The molecule has 174 valence electrons. The van der Waals surface area contributed by atoms with Crippen molar-refractivity contribution < 1.29 is 9.53 Å². The maximum Gasteiger partial charge on any atom is 0.286 e. The summed E-state index contributed by atoms with van der Waals surface area (Å²) in [6, 6.07) is 7.33. The van der Waals surface area contributed by atoms with E-state index in [1.807, 2.05) is 22.5 Å². The van der Waals surface area contributed by atoms with Gasteiger partial charge >= 0.3 is 0 Å². The third-order valence-electron chi connectivity index (χ3n) is 6.60. The van der Waals surface area contributed by atoms with Gasteiger partial charge in [0.15, 0.2) is 5.69 Å². The minimum atomic E-state index is -0.232. The molecule has 1 amide bonds. The fourth-order valence-corrected chi connectivity index (χ4v) is 6.11. The van der Waals surface area contributed by atoms with E-state index in [1.165, 1.54) is 0 Å². The number of nitrogens with zero attached hydrogens (tertiary/aromatic N) is 3. The standard InChI is InChI=1S/C25H22Cl2N4O2S/c26-19-4-5-22(21(27)9-19)31-24-18(8-15-6-7-34-14-15)12-33-13-20(24)23(28-31)25(32)29-30-10-16-2-1-3-17(16)11-30/h1-2,4-9,14,16-17H,3,10-13H2,(H,29,32)/b18-8+. The van der Waals surface area contributed by atoms with E-state index in [4.69, 9.17) is 33.0 Å². The number of hydrazine groups is 1. The lowest BCUT2D eigenvalue weighted by atomic mass is 10.0. The Kier molecular flexibility index (Phi) is 5.83. The Bertz CT molecular complexity index is 1310. The minimum absolute atomic E-state index is 0.232. The van der Waals surface area contributed by atoms with Crippen LogP contribution in [0.5, 0.6) is 0 Å². The van der Waals surface area contributed by atoms with Crippen LogP contribution in [0.25, 0.3) is 17.3 Å². The van der Waals surface area contributed by atoms with Crippen LogP contribution in [0.3, 0.4) is 0 Å². The molecule has 0 saturated carbocycles. The lowest BCUT2D eigenvalue weighted by Crippen LogP contribution is -2.41. The molecule has 3 aliphatic rings. The molecule has 1 aromatic carbocycles. The van der Waals surface area contributed by atoms with Crippen LogP contribution in [-0.2, 0) is 11.3 Å². The van der Waals surface area contributed by atoms with Crippen molar-refractivity contribution in [2.75, 3.05) is 19.7 Å². The molecule has 1 fully saturated rings. The molecule has 0 radical (unpaired) electrons. The van der Waals surface area contributed by atoms with E-state index in [9.17, 15) is 4.79 Å². The number of allylic oxidation sites excluding steroid dienone is 1. The first-order chi connectivity index (χ1) is 16.6. The van der Waals surface area contributed by atoms with Crippen molar-refractivity contribution in [3.05, 3.63) is 79.7 Å². The first kappa shape index (κ1) is 22.1. The van der Waals surface area contributed by atoms with Crippen molar-refractivity contribution >= 4 is 52.1 Å². The van der Waals surface area contributed by atoms with Gasteiger partial charge in [-0.2, -0.15) is 16.4 Å². The van der Waals surface area contributed by atoms with E-state index < -0.39 is 0 Å². The van der Waals surface area contributed by atoms with Gasteiger partial charge < -0.3 is 4.74 Å². The maximum atomic E-state index is 13.4. The monoisotopic (exact) mass is 512 g/mol. The average Bonchev–Trinajstić information content (AvgIpc) is 3.58. The molecule has 6 rings (SSSR count). The summed E-state index contributed by atoms with van der Waals surface area (Å²) in [6.45, 7) is 2.38. The van der Waals surface area contributed by atoms with E-state index in [0.717, 1.165) is 41.9 Å². The molecule has 3 aromatic rings. The number of halogens is 2. The second kappa shape index (κ2) is 8.98. The Morgan fingerprint density at radius 2 is 2.15 bits per heavy atom. The molecule has 6 nitrogen and oxygen atoms in total. The van der Waals surface area contributed by atoms with E-state index in [-0.39, 0.29) is 5.91 Å². The second-order valence-electron chi connectivity index (χ2n) is 8.84. The largest absolute Gasteiger partial charge is 0.372 e. The number of hydrogen-bond acceptors (Lipinski definition) is 5. The molecule has 1 N–H and O–H groups in total. The normalized spacial score (nSPS) is 22.8. The smallest absolute Gasteiger partial charge is 0.286 e. The quantitative estimate of drug-likeness (QED) is 0.471. The Morgan fingerprint density at radius 1 is 1.24 bits per heavy atom. The SMILES string of the molecule is O=C(NN1CC2C=CCC2C1)c1nn(-c2ccc(Cl)cc2Cl)c2c1COC/C2=C\c1ccsc1. The van der Waals surface area contributed by atoms with Gasteiger partial charge in [0.05, 0.1) is 29.6 Å². The van der Waals surface area contributed by atoms with Gasteiger partial charge in [0.2, 0.25) is 0 Å². The van der Waals surface area contributed by atoms with E-state index in [0.29, 0.717) is 46.5 Å². The zero-order chi connectivity index (χ0) is 23.2. The van der Waals surface area contributed by atoms with Crippen molar-refractivity contribution in [1.29, 1.82) is 0 Å². The van der Waals surface area contributed by atoms with Gasteiger partial charge in [-0.15, -0.1) is 0 Å². The highest BCUT2D eigenvalue weighted by atomic mass is 35.5. The van der Waals surface area contributed by atoms with Gasteiger partial charge in [0, 0.05) is 29.2 Å². The zero-order valence-electron chi connectivity index (χ0n) is 18.2. The highest BCUT2D eigenvalue weighted by Crippen LogP contribution is 2.36. The number of benzene rings is 1. The number of fused-ring (bicyclic) bond motifs is 2. The Balaban J connectivity index is 1.41. The maximum absolute atomic E-state index is 13.4. The van der Waals surface area contributed by atoms with E-state index in [2.05, 4.69) is 29.0 Å². The van der Waals surface area contributed by atoms with Gasteiger partial charge in [-0.05, 0) is 64.9 Å². The van der Waals surface area contributed by atoms with Gasteiger partial charge in [-0.1, -0.05) is 35.4 Å². The molecule has 2 atom stereocenters. The van der Waals surface area contributed by atoms with Crippen molar-refractivity contribution in [2.24, 2.45) is 11.8 Å². The summed E-state index contributed by atoms with van der Waals surface area (Å²) in [7, 11) is 0. The van der Waals surface area contributed by atoms with Gasteiger partial charge in [-0.25, -0.2) is 9.69 Å². The minimum Gasteiger partial charge on any atom is -0.372 e. The van der Waals surface area contributed by atoms with Gasteiger partial charge in [0.1, 0.15) is 0 Å². The summed E-state index contributed by atoms with van der Waals surface area (Å²) in [6.07, 6.45) is 7.64. The van der Waals surface area contributed by atoms with Crippen LogP contribution >= 0.6 is 34.5 Å². The Hall–Kier alpha value is -2.42. The number of hydrogen-bond donors (Lipinski definition) is 1. The van der Waals surface area contributed by atoms with Crippen LogP contribution in [0, 0.1) is 11.8 Å². The van der Waals surface area contributed by atoms with Crippen LogP contribution in [0.1, 0.15) is 33.7 Å². The molecule has 2 aliphatic heterocycles. The topological polar surface area (TPSA) is 59.4 Å². The van der Waals surface area contributed by atoms with Crippen molar-refractivity contribution in [3.63, 3.8) is 0 Å². The first-order valence-corrected chi connectivity index (χ1v) is 12.9. The van der Waals surface area contributed by atoms with Gasteiger partial charge in [0.25, 0.3) is 5.91 Å². The third kappa shape index (κ3) is 4.01. The van der Waals surface area contributed by atoms with Crippen molar-refractivity contribution in [1.82, 2.24) is 20.2 Å². The number of nitrogens with one attached hydrogen (secondary N) is 1. The van der Waals surface area contributed by atoms with Crippen LogP contribution in [-0.4, -0.2) is 40.4 Å². The predicted octanol–water partition coefficient (Wildman–Crippen LogP) is 5.46. The Labute approximate surface area is 211 Å². The van der Waals surface area contributed by atoms with E-state index in [1.54, 1.807) is 28.2 Å². The molecule has 2 aromatic heterocycles. The highest BCUT2D eigenvalue weighted by molar-refractivity contribution is 7.08. The van der Waals surface area contributed by atoms with Crippen LogP contribution in [0.15, 0.2) is 47.2 Å². The summed E-state index contributed by atoms with van der Waals surface area (Å²) < 4.78 is 7.66. The van der Waals surface area contributed by atoms with Crippen LogP contribution in [0.4, 0.5) is 0 Å². The number of carbonyl (C=O) groups excluding carboxylic acids is 1. The van der Waals surface area contributed by atoms with Crippen LogP contribution in [0.2, 0.25) is 10.0 Å². The molecule has 9 heteroatoms. The number of thiophene rings is 1. The molecule has 1 aliphatic carbocycles. The number of amides is 1. The predicted molar refractivity (Wildman–Crippen MR) is 135 cm³/mol. The Morgan fingerprint density at radius 3 is 2.94 bits per heavy atom. The third-order valence-corrected chi connectivity index (χ3v) is 7.84. The van der Waals surface area contributed by atoms with E-state index >= 15 is 0 Å². The summed E-state index contributed by atoms with van der Waals surface area (Å²) in [5, 5.41) is 11.9. The van der Waals surface area contributed by atoms with Gasteiger partial charge in [-0.3, -0.25) is 10.2 Å². The molecular weight excluding hydrogens is 491 g/mol. The molecule has 0 spiro atoms. The lowest BCUT2D eigenvalue weighted by Gasteiger charge is -2.20. The summed E-state index contributed by atoms with van der Waals surface area (Å²) in [5.41, 5.74) is 7.72. The fraction of sp³-hybridized carbons (Fsp3) is 0.280. The highest BCUT2D eigenvalue weighted by Gasteiger charge is 2.35. The summed E-state index contributed by atoms with van der Waals surface area (Å²) in [4.78, 5) is 13.4. The molecule has 34 heavy (non-hydrogen) atoms. The van der Waals surface area contributed by atoms with Crippen molar-refractivity contribution in [2.45, 2.75) is 13.0 Å². The first-order valence-electron chi connectivity index (χ1n) is 11.2. The molecule has 2 unspecified atom stereocenters. The second-order valence-corrected chi connectivity index (χ2v) is 10.5. The number of carbonyl (C=O) groups is 1. The number of aromatic nitrogens is 2. The average molecular weight is 513 g/mol. The lowest BCUT2D eigenvalue weighted by molar-refractivity contribution is 0.0805. The molecular formula is C25H22Cl2N4O2S. The molecule has 4 heterocycles. The molecule has 0 bridgehead atoms. The zero-order valence-corrected chi connectivity index (χ0v) is 20.5. The fourth-order valence-electron chi connectivity index (χ4n) is 5.01. The summed E-state index contributed by atoms with van der Waals surface area (Å²) >= 11 is 14.3. The number of rotatable bonds is 4. The summed E-state index contributed by atoms with van der Waals surface area (Å²) in [5.74, 6) is 0.843. The van der Waals surface area contributed by atoms with Crippen molar-refractivity contribution in [3.8, 4) is 5.69 Å². The number of ether oxygens (including phenoxy) is 1.